The first-order chi connectivity index (χ1) is 9.75. The largest absolute Gasteiger partial charge is 0.481 e. The maximum absolute atomic E-state index is 12.0. The van der Waals surface area contributed by atoms with Crippen LogP contribution in [0.2, 0.25) is 0 Å². The second-order valence-electron chi connectivity index (χ2n) is 5.84. The maximum Gasteiger partial charge on any atom is 0.335 e. The Bertz CT molecular complexity index is 608. The van der Waals surface area contributed by atoms with Crippen LogP contribution in [0, 0.1) is 17.3 Å². The van der Waals surface area contributed by atoms with Crippen LogP contribution in [-0.2, 0) is 16.1 Å². The van der Waals surface area contributed by atoms with Crippen LogP contribution in [-0.4, -0.2) is 28.1 Å². The fraction of sp³-hybridized carbons (Fsp3) is 0.400. The van der Waals surface area contributed by atoms with Crippen LogP contribution in [0.25, 0.3) is 0 Å². The van der Waals surface area contributed by atoms with E-state index in [2.05, 4.69) is 5.32 Å². The number of hydrogen-bond donors (Lipinski definition) is 3. The van der Waals surface area contributed by atoms with E-state index in [1.54, 1.807) is 26.0 Å². The fourth-order valence-electron chi connectivity index (χ4n) is 2.70. The lowest BCUT2D eigenvalue weighted by molar-refractivity contribution is -0.140. The Morgan fingerprint density at radius 1 is 1.19 bits per heavy atom. The second kappa shape index (κ2) is 5.20. The topological polar surface area (TPSA) is 104 Å². The van der Waals surface area contributed by atoms with Crippen LogP contribution >= 0.6 is 0 Å². The summed E-state index contributed by atoms with van der Waals surface area (Å²) in [5, 5.41) is 20.6. The summed E-state index contributed by atoms with van der Waals surface area (Å²) in [5.41, 5.74) is 0.268. The van der Waals surface area contributed by atoms with E-state index in [1.807, 2.05) is 0 Å². The molecule has 6 nitrogen and oxygen atoms in total. The number of amides is 1. The Balaban J connectivity index is 1.98. The van der Waals surface area contributed by atoms with Crippen molar-refractivity contribution >= 4 is 17.8 Å². The van der Waals surface area contributed by atoms with Gasteiger partial charge >= 0.3 is 11.9 Å². The first-order valence-corrected chi connectivity index (χ1v) is 6.58. The first-order valence-electron chi connectivity index (χ1n) is 6.58. The molecule has 1 aromatic rings. The van der Waals surface area contributed by atoms with Crippen LogP contribution in [0.4, 0.5) is 0 Å². The number of aliphatic carboxylic acids is 1. The number of carbonyl (C=O) groups excluding carboxylic acids is 1. The summed E-state index contributed by atoms with van der Waals surface area (Å²) in [5.74, 6) is -3.51. The van der Waals surface area contributed by atoms with Gasteiger partial charge in [0.1, 0.15) is 0 Å². The molecule has 1 amide bonds. The third kappa shape index (κ3) is 2.89. The molecule has 1 aromatic carbocycles. The quantitative estimate of drug-likeness (QED) is 0.760. The zero-order valence-electron chi connectivity index (χ0n) is 11.8. The molecule has 2 atom stereocenters. The van der Waals surface area contributed by atoms with Crippen molar-refractivity contribution in [2.45, 2.75) is 20.4 Å². The van der Waals surface area contributed by atoms with Crippen molar-refractivity contribution in [3.05, 3.63) is 35.4 Å². The molecule has 1 aliphatic rings. The number of carboxylic acid groups (broad SMARTS) is 2. The van der Waals surface area contributed by atoms with E-state index in [0.717, 1.165) is 0 Å². The average Bonchev–Trinajstić information content (AvgIpc) is 2.99. The summed E-state index contributed by atoms with van der Waals surface area (Å²) in [6.07, 6.45) is 0. The average molecular weight is 291 g/mol. The lowest BCUT2D eigenvalue weighted by Gasteiger charge is -2.07. The molecule has 0 spiro atoms. The molecule has 0 aliphatic heterocycles. The van der Waals surface area contributed by atoms with E-state index in [1.165, 1.54) is 12.1 Å². The van der Waals surface area contributed by atoms with Gasteiger partial charge in [-0.1, -0.05) is 26.0 Å². The highest BCUT2D eigenvalue weighted by Gasteiger charge is 2.65. The van der Waals surface area contributed by atoms with Gasteiger partial charge in [-0.15, -0.1) is 0 Å². The van der Waals surface area contributed by atoms with Crippen molar-refractivity contribution in [1.29, 1.82) is 0 Å². The Morgan fingerprint density at radius 3 is 2.38 bits per heavy atom. The number of carbonyl (C=O) groups is 3. The lowest BCUT2D eigenvalue weighted by atomic mass is 10.1. The highest BCUT2D eigenvalue weighted by atomic mass is 16.4. The Hall–Kier alpha value is -2.37. The summed E-state index contributed by atoms with van der Waals surface area (Å²) in [4.78, 5) is 33.9. The van der Waals surface area contributed by atoms with Crippen molar-refractivity contribution in [3.8, 4) is 0 Å². The third-order valence-corrected chi connectivity index (χ3v) is 4.02. The smallest absolute Gasteiger partial charge is 0.335 e. The third-order valence-electron chi connectivity index (χ3n) is 4.02. The summed E-state index contributed by atoms with van der Waals surface area (Å²) < 4.78 is 0. The maximum atomic E-state index is 12.0. The highest BCUT2D eigenvalue weighted by molar-refractivity contribution is 5.91. The van der Waals surface area contributed by atoms with Gasteiger partial charge in [-0.25, -0.2) is 4.79 Å². The number of rotatable bonds is 5. The van der Waals surface area contributed by atoms with Gasteiger partial charge in [0.15, 0.2) is 0 Å². The Labute approximate surface area is 121 Å². The number of aromatic carboxylic acids is 1. The standard InChI is InChI=1S/C15H17NO5/c1-15(2)10(11(15)14(20)21)12(17)16-7-8-4-3-5-9(6-8)13(18)19/h3-6,10-11H,7H2,1-2H3,(H,16,17)(H,18,19)(H,20,21)/t10-,11-/m0/s1. The van der Waals surface area contributed by atoms with Gasteiger partial charge in [0.25, 0.3) is 0 Å². The van der Waals surface area contributed by atoms with Gasteiger partial charge < -0.3 is 15.5 Å². The summed E-state index contributed by atoms with van der Waals surface area (Å²) >= 11 is 0. The highest BCUT2D eigenvalue weighted by Crippen LogP contribution is 2.58. The molecule has 21 heavy (non-hydrogen) atoms. The van der Waals surface area contributed by atoms with E-state index in [-0.39, 0.29) is 18.0 Å². The van der Waals surface area contributed by atoms with Crippen molar-refractivity contribution in [2.24, 2.45) is 17.3 Å². The molecule has 3 N–H and O–H groups in total. The van der Waals surface area contributed by atoms with Crippen LogP contribution in [0.15, 0.2) is 24.3 Å². The number of nitrogens with one attached hydrogen (secondary N) is 1. The first kappa shape index (κ1) is 15.0. The molecule has 6 heteroatoms. The molecule has 1 fully saturated rings. The lowest BCUT2D eigenvalue weighted by Crippen LogP contribution is -2.26. The molecule has 0 unspecified atom stereocenters. The molecule has 2 rings (SSSR count). The summed E-state index contributed by atoms with van der Waals surface area (Å²) in [6.45, 7) is 3.68. The van der Waals surface area contributed by atoms with E-state index in [0.29, 0.717) is 5.56 Å². The van der Waals surface area contributed by atoms with Crippen LogP contribution in [0.5, 0.6) is 0 Å². The molecule has 0 saturated heterocycles. The molecular formula is C15H17NO5. The Morgan fingerprint density at radius 2 is 1.86 bits per heavy atom. The molecule has 0 bridgehead atoms. The van der Waals surface area contributed by atoms with Crippen molar-refractivity contribution in [1.82, 2.24) is 5.32 Å². The normalized spacial score (nSPS) is 22.4. The van der Waals surface area contributed by atoms with Gasteiger partial charge in [0.2, 0.25) is 5.91 Å². The molecule has 1 saturated carbocycles. The van der Waals surface area contributed by atoms with Gasteiger partial charge in [-0.3, -0.25) is 9.59 Å². The molecule has 0 heterocycles. The summed E-state index contributed by atoms with van der Waals surface area (Å²) in [6, 6.07) is 6.26. The fourth-order valence-corrected chi connectivity index (χ4v) is 2.70. The predicted octanol–water partition coefficient (Wildman–Crippen LogP) is 1.36. The minimum absolute atomic E-state index is 0.150. The molecule has 0 radical (unpaired) electrons. The van der Waals surface area contributed by atoms with Crippen LogP contribution in [0.1, 0.15) is 29.8 Å². The molecule has 0 aromatic heterocycles. The monoisotopic (exact) mass is 291 g/mol. The zero-order valence-corrected chi connectivity index (χ0v) is 11.8. The van der Waals surface area contributed by atoms with Crippen LogP contribution in [0.3, 0.4) is 0 Å². The van der Waals surface area contributed by atoms with Crippen molar-refractivity contribution < 1.29 is 24.6 Å². The minimum Gasteiger partial charge on any atom is -0.481 e. The van der Waals surface area contributed by atoms with Crippen LogP contribution < -0.4 is 5.32 Å². The SMILES string of the molecule is CC1(C)[C@H](C(=O)O)[C@H]1C(=O)NCc1cccc(C(=O)O)c1. The van der Waals surface area contributed by atoms with Gasteiger partial charge in [0.05, 0.1) is 17.4 Å². The van der Waals surface area contributed by atoms with Gasteiger partial charge in [-0.05, 0) is 23.1 Å². The number of hydrogen-bond acceptors (Lipinski definition) is 3. The minimum atomic E-state index is -1.03. The van der Waals surface area contributed by atoms with E-state index in [9.17, 15) is 14.4 Å². The number of carboxylic acids is 2. The molecular weight excluding hydrogens is 274 g/mol. The van der Waals surface area contributed by atoms with E-state index in [4.69, 9.17) is 10.2 Å². The van der Waals surface area contributed by atoms with Crippen molar-refractivity contribution in [3.63, 3.8) is 0 Å². The molecule has 1 aliphatic carbocycles. The van der Waals surface area contributed by atoms with E-state index >= 15 is 0 Å². The van der Waals surface area contributed by atoms with Gasteiger partial charge in [-0.2, -0.15) is 0 Å². The molecule has 112 valence electrons. The van der Waals surface area contributed by atoms with E-state index < -0.39 is 29.2 Å². The number of benzene rings is 1. The van der Waals surface area contributed by atoms with Crippen molar-refractivity contribution in [2.75, 3.05) is 0 Å². The summed E-state index contributed by atoms with van der Waals surface area (Å²) in [7, 11) is 0. The Kier molecular flexibility index (Phi) is 3.72. The second-order valence-corrected chi connectivity index (χ2v) is 5.84. The predicted molar refractivity (Wildman–Crippen MR) is 73.6 cm³/mol. The zero-order chi connectivity index (χ0) is 15.8. The van der Waals surface area contributed by atoms with Gasteiger partial charge in [0, 0.05) is 6.54 Å².